The minimum atomic E-state index is -0.801. The van der Waals surface area contributed by atoms with Crippen molar-refractivity contribution in [3.63, 3.8) is 0 Å². The molecule has 1 aliphatic heterocycles. The van der Waals surface area contributed by atoms with Crippen molar-refractivity contribution in [3.05, 3.63) is 57.6 Å². The Bertz CT molecular complexity index is 802. The summed E-state index contributed by atoms with van der Waals surface area (Å²) in [4.78, 5) is 10.9. The molecule has 0 saturated carbocycles. The topological polar surface area (TPSA) is 55.8 Å². The van der Waals surface area contributed by atoms with Gasteiger partial charge in [0, 0.05) is 22.0 Å². The molecule has 2 atom stereocenters. The first kappa shape index (κ1) is 15.5. The Morgan fingerprint density at radius 1 is 1.29 bits per heavy atom. The van der Waals surface area contributed by atoms with Crippen LogP contribution >= 0.6 is 15.9 Å². The van der Waals surface area contributed by atoms with Crippen molar-refractivity contribution < 1.29 is 19.4 Å². The Morgan fingerprint density at radius 3 is 3.00 bits per heavy atom. The van der Waals surface area contributed by atoms with Crippen molar-refractivity contribution in [2.45, 2.75) is 31.3 Å². The maximum atomic E-state index is 10.9. The summed E-state index contributed by atoms with van der Waals surface area (Å²) >= 11 is 3.60. The third-order valence-electron chi connectivity index (χ3n) is 4.72. The zero-order valence-electron chi connectivity index (χ0n) is 13.0. The highest BCUT2D eigenvalue weighted by Gasteiger charge is 2.29. The van der Waals surface area contributed by atoms with Crippen LogP contribution in [0.25, 0.3) is 0 Å². The fourth-order valence-corrected chi connectivity index (χ4v) is 4.15. The molecular weight excluding hydrogens is 372 g/mol. The SMILES string of the molecule is O=C(O)CC1COc2cc(OC3CCc4c(Br)cccc43)ccc21. The molecule has 1 heterocycles. The zero-order valence-corrected chi connectivity index (χ0v) is 14.6. The lowest BCUT2D eigenvalue weighted by atomic mass is 9.98. The molecule has 0 fully saturated rings. The van der Waals surface area contributed by atoms with E-state index in [1.807, 2.05) is 24.3 Å². The van der Waals surface area contributed by atoms with Gasteiger partial charge >= 0.3 is 5.97 Å². The van der Waals surface area contributed by atoms with Crippen LogP contribution in [-0.4, -0.2) is 17.7 Å². The van der Waals surface area contributed by atoms with Crippen LogP contribution in [0.1, 0.15) is 41.6 Å². The Balaban J connectivity index is 1.54. The number of aliphatic carboxylic acids is 1. The summed E-state index contributed by atoms with van der Waals surface area (Å²) in [6.07, 6.45) is 2.10. The molecule has 24 heavy (non-hydrogen) atoms. The smallest absolute Gasteiger partial charge is 0.304 e. The summed E-state index contributed by atoms with van der Waals surface area (Å²) in [5, 5.41) is 8.98. The number of carboxylic acids is 1. The van der Waals surface area contributed by atoms with Crippen molar-refractivity contribution in [1.82, 2.24) is 0 Å². The summed E-state index contributed by atoms with van der Waals surface area (Å²) in [5.74, 6) is 0.633. The molecule has 0 amide bonds. The van der Waals surface area contributed by atoms with E-state index in [-0.39, 0.29) is 18.4 Å². The van der Waals surface area contributed by atoms with Crippen molar-refractivity contribution in [2.75, 3.05) is 6.61 Å². The van der Waals surface area contributed by atoms with E-state index >= 15 is 0 Å². The number of hydrogen-bond acceptors (Lipinski definition) is 3. The second-order valence-electron chi connectivity index (χ2n) is 6.26. The summed E-state index contributed by atoms with van der Waals surface area (Å²) in [5.41, 5.74) is 3.51. The number of halogens is 1. The quantitative estimate of drug-likeness (QED) is 0.839. The second kappa shape index (κ2) is 6.13. The second-order valence-corrected chi connectivity index (χ2v) is 7.11. The largest absolute Gasteiger partial charge is 0.492 e. The minimum absolute atomic E-state index is 0.0479. The Morgan fingerprint density at radius 2 is 2.17 bits per heavy atom. The molecule has 2 aromatic carbocycles. The van der Waals surface area contributed by atoms with Gasteiger partial charge in [0.15, 0.2) is 0 Å². The van der Waals surface area contributed by atoms with E-state index in [0.717, 1.165) is 34.4 Å². The molecule has 2 aromatic rings. The van der Waals surface area contributed by atoms with E-state index in [4.69, 9.17) is 14.6 Å². The van der Waals surface area contributed by atoms with Gasteiger partial charge in [-0.3, -0.25) is 4.79 Å². The molecule has 4 rings (SSSR count). The Labute approximate surface area is 148 Å². The fraction of sp³-hybridized carbons (Fsp3) is 0.316. The van der Waals surface area contributed by atoms with Gasteiger partial charge in [0.05, 0.1) is 13.0 Å². The van der Waals surface area contributed by atoms with E-state index < -0.39 is 5.97 Å². The predicted octanol–water partition coefficient (Wildman–Crippen LogP) is 4.47. The monoisotopic (exact) mass is 388 g/mol. The van der Waals surface area contributed by atoms with Crippen LogP contribution in [0, 0.1) is 0 Å². The first-order valence-electron chi connectivity index (χ1n) is 8.04. The normalized spacial score (nSPS) is 21.0. The molecule has 1 aliphatic carbocycles. The van der Waals surface area contributed by atoms with E-state index in [0.29, 0.717) is 6.61 Å². The molecule has 4 nitrogen and oxygen atoms in total. The van der Waals surface area contributed by atoms with Crippen molar-refractivity contribution >= 4 is 21.9 Å². The van der Waals surface area contributed by atoms with Crippen molar-refractivity contribution in [1.29, 1.82) is 0 Å². The van der Waals surface area contributed by atoms with E-state index in [1.54, 1.807) is 0 Å². The molecule has 0 aromatic heterocycles. The highest BCUT2D eigenvalue weighted by atomic mass is 79.9. The predicted molar refractivity (Wildman–Crippen MR) is 92.8 cm³/mol. The molecular formula is C19H17BrO4. The van der Waals surface area contributed by atoms with Gasteiger partial charge in [-0.25, -0.2) is 0 Å². The molecule has 0 spiro atoms. The number of carboxylic acid groups (broad SMARTS) is 1. The summed E-state index contributed by atoms with van der Waals surface area (Å²) in [7, 11) is 0. The van der Waals surface area contributed by atoms with Gasteiger partial charge in [-0.15, -0.1) is 0 Å². The van der Waals surface area contributed by atoms with Crippen LogP contribution in [0.5, 0.6) is 11.5 Å². The van der Waals surface area contributed by atoms with Gasteiger partial charge in [0.25, 0.3) is 0 Å². The molecule has 2 unspecified atom stereocenters. The first-order chi connectivity index (χ1) is 11.6. The lowest BCUT2D eigenvalue weighted by Crippen LogP contribution is -2.07. The van der Waals surface area contributed by atoms with Crippen LogP contribution in [0.4, 0.5) is 0 Å². The van der Waals surface area contributed by atoms with Gasteiger partial charge < -0.3 is 14.6 Å². The maximum Gasteiger partial charge on any atom is 0.304 e. The third-order valence-corrected chi connectivity index (χ3v) is 5.47. The van der Waals surface area contributed by atoms with E-state index in [9.17, 15) is 4.79 Å². The van der Waals surface area contributed by atoms with Gasteiger partial charge in [-0.2, -0.15) is 0 Å². The molecule has 124 valence electrons. The average Bonchev–Trinajstić information content (AvgIpc) is 3.13. The Hall–Kier alpha value is -2.01. The van der Waals surface area contributed by atoms with Gasteiger partial charge in [-0.05, 0) is 36.1 Å². The molecule has 1 N–H and O–H groups in total. The molecule has 0 radical (unpaired) electrons. The average molecular weight is 389 g/mol. The lowest BCUT2D eigenvalue weighted by Gasteiger charge is -2.16. The van der Waals surface area contributed by atoms with Crippen LogP contribution in [0.3, 0.4) is 0 Å². The number of carbonyl (C=O) groups is 1. The summed E-state index contributed by atoms with van der Waals surface area (Å²) in [6, 6.07) is 11.9. The van der Waals surface area contributed by atoms with Crippen LogP contribution < -0.4 is 9.47 Å². The number of ether oxygens (including phenoxy) is 2. The number of rotatable bonds is 4. The minimum Gasteiger partial charge on any atom is -0.492 e. The van der Waals surface area contributed by atoms with Crippen LogP contribution in [0.15, 0.2) is 40.9 Å². The first-order valence-corrected chi connectivity index (χ1v) is 8.83. The van der Waals surface area contributed by atoms with Crippen LogP contribution in [-0.2, 0) is 11.2 Å². The lowest BCUT2D eigenvalue weighted by molar-refractivity contribution is -0.137. The summed E-state index contributed by atoms with van der Waals surface area (Å²) < 4.78 is 13.0. The highest BCUT2D eigenvalue weighted by Crippen LogP contribution is 2.42. The van der Waals surface area contributed by atoms with Gasteiger partial charge in [-0.1, -0.05) is 34.1 Å². The highest BCUT2D eigenvalue weighted by molar-refractivity contribution is 9.10. The fourth-order valence-electron chi connectivity index (χ4n) is 3.57. The third kappa shape index (κ3) is 2.77. The van der Waals surface area contributed by atoms with Gasteiger partial charge in [0.1, 0.15) is 17.6 Å². The molecule has 2 aliphatic rings. The van der Waals surface area contributed by atoms with Gasteiger partial charge in [0.2, 0.25) is 0 Å². The standard InChI is InChI=1S/C19H17BrO4/c20-16-3-1-2-15-14(16)6-7-17(15)24-12-4-5-13-11(8-19(21)22)10-23-18(13)9-12/h1-5,9,11,17H,6-8,10H2,(H,21,22). The number of benzene rings is 2. The molecule has 0 saturated heterocycles. The zero-order chi connectivity index (χ0) is 16.7. The molecule has 5 heteroatoms. The molecule has 0 bridgehead atoms. The van der Waals surface area contributed by atoms with E-state index in [1.165, 1.54) is 11.1 Å². The Kier molecular flexibility index (Phi) is 3.96. The maximum absolute atomic E-state index is 10.9. The number of hydrogen-bond donors (Lipinski definition) is 1. The van der Waals surface area contributed by atoms with Crippen molar-refractivity contribution in [2.24, 2.45) is 0 Å². The summed E-state index contributed by atoms with van der Waals surface area (Å²) in [6.45, 7) is 0.421. The van der Waals surface area contributed by atoms with Crippen molar-refractivity contribution in [3.8, 4) is 11.5 Å². The van der Waals surface area contributed by atoms with E-state index in [2.05, 4.69) is 28.1 Å². The number of fused-ring (bicyclic) bond motifs is 2. The van der Waals surface area contributed by atoms with Crippen LogP contribution in [0.2, 0.25) is 0 Å².